The summed E-state index contributed by atoms with van der Waals surface area (Å²) in [7, 11) is 0. The van der Waals surface area contributed by atoms with Crippen LogP contribution in [0.2, 0.25) is 0 Å². The molecule has 2 rings (SSSR count). The smallest absolute Gasteiger partial charge is 0.228 e. The van der Waals surface area contributed by atoms with Gasteiger partial charge >= 0.3 is 0 Å². The van der Waals surface area contributed by atoms with E-state index in [2.05, 4.69) is 10.6 Å². The maximum absolute atomic E-state index is 12.6. The van der Waals surface area contributed by atoms with Crippen molar-refractivity contribution in [2.45, 2.75) is 45.6 Å². The van der Waals surface area contributed by atoms with Gasteiger partial charge in [-0.25, -0.2) is 0 Å². The van der Waals surface area contributed by atoms with Crippen LogP contribution in [0.5, 0.6) is 0 Å². The second-order valence-corrected chi connectivity index (χ2v) is 6.13. The summed E-state index contributed by atoms with van der Waals surface area (Å²) in [4.78, 5) is 24.1. The lowest BCUT2D eigenvalue weighted by Crippen LogP contribution is -2.31. The summed E-state index contributed by atoms with van der Waals surface area (Å²) in [6.45, 7) is 5.81. The highest BCUT2D eigenvalue weighted by Crippen LogP contribution is 2.22. The molecule has 2 atom stereocenters. The Morgan fingerprint density at radius 1 is 0.920 bits per heavy atom. The highest BCUT2D eigenvalue weighted by molar-refractivity contribution is 5.90. The number of carbonyl (C=O) groups excluding carboxylic acids is 2. The highest BCUT2D eigenvalue weighted by atomic mass is 16.2. The molecule has 2 amide bonds. The number of carbonyl (C=O) groups is 2. The van der Waals surface area contributed by atoms with Crippen LogP contribution in [0.15, 0.2) is 54.6 Å². The van der Waals surface area contributed by atoms with Gasteiger partial charge in [0.1, 0.15) is 0 Å². The van der Waals surface area contributed by atoms with Crippen LogP contribution in [0.1, 0.15) is 56.7 Å². The Morgan fingerprint density at radius 3 is 2.12 bits per heavy atom. The number of benzene rings is 2. The molecule has 0 saturated heterocycles. The zero-order valence-corrected chi connectivity index (χ0v) is 15.1. The Bertz CT molecular complexity index is 696. The molecule has 0 heterocycles. The molecule has 0 fully saturated rings. The molecule has 4 nitrogen and oxygen atoms in total. The van der Waals surface area contributed by atoms with Gasteiger partial charge in [0.15, 0.2) is 0 Å². The summed E-state index contributed by atoms with van der Waals surface area (Å²) in [5.74, 6) is -0.126. The average Bonchev–Trinajstić information content (AvgIpc) is 2.63. The molecule has 132 valence electrons. The summed E-state index contributed by atoms with van der Waals surface area (Å²) in [6.07, 6.45) is 1.21. The van der Waals surface area contributed by atoms with E-state index in [1.54, 1.807) is 0 Å². The largest absolute Gasteiger partial charge is 0.349 e. The van der Waals surface area contributed by atoms with E-state index in [0.29, 0.717) is 6.42 Å². The number of hydrogen-bond acceptors (Lipinski definition) is 2. The lowest BCUT2D eigenvalue weighted by molar-refractivity contribution is -0.123. The normalized spacial score (nSPS) is 12.9. The Morgan fingerprint density at radius 2 is 1.56 bits per heavy atom. The second-order valence-electron chi connectivity index (χ2n) is 6.13. The van der Waals surface area contributed by atoms with E-state index in [-0.39, 0.29) is 23.8 Å². The summed E-state index contributed by atoms with van der Waals surface area (Å²) in [5.41, 5.74) is 2.81. The molecule has 0 aliphatic carbocycles. The van der Waals surface area contributed by atoms with Crippen LogP contribution < -0.4 is 10.6 Å². The van der Waals surface area contributed by atoms with E-state index in [0.717, 1.165) is 23.2 Å². The molecular formula is C21H26N2O2. The van der Waals surface area contributed by atoms with Crippen LogP contribution in [-0.2, 0) is 9.59 Å². The molecule has 0 bridgehead atoms. The van der Waals surface area contributed by atoms with Crippen LogP contribution in [0.4, 0.5) is 5.69 Å². The predicted molar refractivity (Wildman–Crippen MR) is 101 cm³/mol. The van der Waals surface area contributed by atoms with Gasteiger partial charge in [-0.05, 0) is 36.6 Å². The van der Waals surface area contributed by atoms with Crippen LogP contribution in [0.3, 0.4) is 0 Å². The Balaban J connectivity index is 2.01. The maximum Gasteiger partial charge on any atom is 0.228 e. The Kier molecular flexibility index (Phi) is 6.75. The average molecular weight is 338 g/mol. The Labute approximate surface area is 149 Å². The zero-order chi connectivity index (χ0) is 18.2. The number of anilines is 1. The van der Waals surface area contributed by atoms with E-state index < -0.39 is 0 Å². The van der Waals surface area contributed by atoms with Gasteiger partial charge in [-0.15, -0.1) is 0 Å². The topological polar surface area (TPSA) is 58.2 Å². The standard InChI is InChI=1S/C21H26N2O2/c1-4-19(17-9-7-6-8-10-17)21(25)22-15(3)16-11-13-18(14-12-16)23-20(24)5-2/h6-15,19H,4-5H2,1-3H3,(H,22,25)(H,23,24). The third-order valence-corrected chi connectivity index (χ3v) is 4.30. The first-order chi connectivity index (χ1) is 12.0. The predicted octanol–water partition coefficient (Wildman–Crippen LogP) is 4.41. The first-order valence-corrected chi connectivity index (χ1v) is 8.80. The number of rotatable bonds is 7. The second kappa shape index (κ2) is 9.02. The summed E-state index contributed by atoms with van der Waals surface area (Å²) in [5, 5.41) is 5.91. The fourth-order valence-electron chi connectivity index (χ4n) is 2.76. The van der Waals surface area contributed by atoms with Crippen molar-refractivity contribution in [2.75, 3.05) is 5.32 Å². The molecule has 0 spiro atoms. The molecular weight excluding hydrogens is 312 g/mol. The van der Waals surface area contributed by atoms with Crippen molar-refractivity contribution in [1.29, 1.82) is 0 Å². The van der Waals surface area contributed by atoms with E-state index in [1.165, 1.54) is 0 Å². The van der Waals surface area contributed by atoms with Gasteiger partial charge in [0, 0.05) is 12.1 Å². The molecule has 2 aromatic carbocycles. The number of hydrogen-bond donors (Lipinski definition) is 2. The number of amides is 2. The summed E-state index contributed by atoms with van der Waals surface area (Å²) >= 11 is 0. The molecule has 0 aliphatic rings. The lowest BCUT2D eigenvalue weighted by atomic mass is 9.95. The van der Waals surface area contributed by atoms with Crippen molar-refractivity contribution in [1.82, 2.24) is 5.32 Å². The summed E-state index contributed by atoms with van der Waals surface area (Å²) < 4.78 is 0. The van der Waals surface area contributed by atoms with Gasteiger partial charge in [0.2, 0.25) is 11.8 Å². The van der Waals surface area contributed by atoms with Crippen molar-refractivity contribution in [2.24, 2.45) is 0 Å². The fraction of sp³-hybridized carbons (Fsp3) is 0.333. The van der Waals surface area contributed by atoms with Gasteiger partial charge < -0.3 is 10.6 Å². The fourth-order valence-corrected chi connectivity index (χ4v) is 2.76. The van der Waals surface area contributed by atoms with Gasteiger partial charge in [-0.2, -0.15) is 0 Å². The van der Waals surface area contributed by atoms with Gasteiger partial charge in [-0.1, -0.05) is 56.3 Å². The molecule has 0 radical (unpaired) electrons. The molecule has 0 saturated carbocycles. The van der Waals surface area contributed by atoms with E-state index in [4.69, 9.17) is 0 Å². The minimum Gasteiger partial charge on any atom is -0.349 e. The minimum atomic E-state index is -0.147. The molecule has 4 heteroatoms. The zero-order valence-electron chi connectivity index (χ0n) is 15.1. The third kappa shape index (κ3) is 5.18. The molecule has 2 N–H and O–H groups in total. The monoisotopic (exact) mass is 338 g/mol. The maximum atomic E-state index is 12.6. The lowest BCUT2D eigenvalue weighted by Gasteiger charge is -2.20. The van der Waals surface area contributed by atoms with Gasteiger partial charge in [0.25, 0.3) is 0 Å². The molecule has 2 aromatic rings. The van der Waals surface area contributed by atoms with Crippen LogP contribution in [0.25, 0.3) is 0 Å². The van der Waals surface area contributed by atoms with Crippen molar-refractivity contribution >= 4 is 17.5 Å². The number of nitrogens with one attached hydrogen (secondary N) is 2. The summed E-state index contributed by atoms with van der Waals surface area (Å²) in [6, 6.07) is 17.3. The van der Waals surface area contributed by atoms with E-state index in [1.807, 2.05) is 75.4 Å². The van der Waals surface area contributed by atoms with Crippen LogP contribution in [-0.4, -0.2) is 11.8 Å². The highest BCUT2D eigenvalue weighted by Gasteiger charge is 2.20. The molecule has 0 aromatic heterocycles. The van der Waals surface area contributed by atoms with E-state index >= 15 is 0 Å². The quantitative estimate of drug-likeness (QED) is 0.786. The minimum absolute atomic E-state index is 0.0113. The van der Waals surface area contributed by atoms with Crippen molar-refractivity contribution in [3.8, 4) is 0 Å². The molecule has 25 heavy (non-hydrogen) atoms. The van der Waals surface area contributed by atoms with Gasteiger partial charge in [-0.3, -0.25) is 9.59 Å². The SMILES string of the molecule is CCC(=O)Nc1ccc(C(C)NC(=O)C(CC)c2ccccc2)cc1. The van der Waals surface area contributed by atoms with E-state index in [9.17, 15) is 9.59 Å². The van der Waals surface area contributed by atoms with Crippen molar-refractivity contribution < 1.29 is 9.59 Å². The van der Waals surface area contributed by atoms with Crippen molar-refractivity contribution in [3.63, 3.8) is 0 Å². The van der Waals surface area contributed by atoms with Crippen molar-refractivity contribution in [3.05, 3.63) is 65.7 Å². The molecule has 2 unspecified atom stereocenters. The van der Waals surface area contributed by atoms with Gasteiger partial charge in [0.05, 0.1) is 12.0 Å². The molecule has 0 aliphatic heterocycles. The first-order valence-electron chi connectivity index (χ1n) is 8.80. The van der Waals surface area contributed by atoms with Crippen LogP contribution >= 0.6 is 0 Å². The Hall–Kier alpha value is -2.62. The van der Waals surface area contributed by atoms with Crippen LogP contribution in [0, 0.1) is 0 Å². The third-order valence-electron chi connectivity index (χ3n) is 4.30. The first kappa shape index (κ1) is 18.7.